The van der Waals surface area contributed by atoms with Gasteiger partial charge in [0.15, 0.2) is 5.15 Å². The molecule has 0 saturated heterocycles. The number of nitrogens with zero attached hydrogens (tertiary/aromatic N) is 2. The summed E-state index contributed by atoms with van der Waals surface area (Å²) < 4.78 is 1.94. The molecule has 0 atom stereocenters. The minimum Gasteiger partial charge on any atom is -0.393 e. The second-order valence-electron chi connectivity index (χ2n) is 3.89. The van der Waals surface area contributed by atoms with Crippen LogP contribution in [0.1, 0.15) is 25.5 Å². The van der Waals surface area contributed by atoms with Crippen LogP contribution in [0.2, 0.25) is 5.15 Å². The van der Waals surface area contributed by atoms with E-state index in [9.17, 15) is 5.11 Å². The quantitative estimate of drug-likeness (QED) is 0.770. The summed E-state index contributed by atoms with van der Waals surface area (Å²) >= 11 is 5.98. The lowest BCUT2D eigenvalue weighted by Gasteiger charge is -2.42. The molecule has 1 aromatic heterocycles. The summed E-state index contributed by atoms with van der Waals surface area (Å²) in [4.78, 5) is 4.03. The minimum absolute atomic E-state index is 0.295. The molecule has 2 rings (SSSR count). The first kappa shape index (κ1) is 9.96. The zero-order chi connectivity index (χ0) is 10.3. The summed E-state index contributed by atoms with van der Waals surface area (Å²) in [6, 6.07) is 0. The molecule has 0 unspecified atom stereocenters. The van der Waals surface area contributed by atoms with Crippen LogP contribution in [-0.4, -0.2) is 20.8 Å². The summed E-state index contributed by atoms with van der Waals surface area (Å²) in [5.74, 6) is 0. The maximum Gasteiger partial charge on any atom is 0.152 e. The summed E-state index contributed by atoms with van der Waals surface area (Å²) in [6.45, 7) is 2.81. The molecule has 0 aromatic carbocycles. The molecule has 14 heavy (non-hydrogen) atoms. The van der Waals surface area contributed by atoms with Gasteiger partial charge in [-0.05, 0) is 19.8 Å². The van der Waals surface area contributed by atoms with E-state index >= 15 is 0 Å². The standard InChI is InChI=1S/C9H14ClN3O/c1-2-13-5-12-8(10)7(13)9(11)3-6(14)4-9/h5-6,14H,2-4,11H2,1H3. The zero-order valence-corrected chi connectivity index (χ0v) is 8.83. The second kappa shape index (κ2) is 3.22. The molecule has 1 fully saturated rings. The van der Waals surface area contributed by atoms with Crippen LogP contribution >= 0.6 is 11.6 Å². The Morgan fingerprint density at radius 2 is 2.43 bits per heavy atom. The van der Waals surface area contributed by atoms with E-state index in [1.54, 1.807) is 6.33 Å². The van der Waals surface area contributed by atoms with Gasteiger partial charge in [0, 0.05) is 6.54 Å². The third-order valence-electron chi connectivity index (χ3n) is 2.81. The molecule has 0 amide bonds. The molecule has 3 N–H and O–H groups in total. The van der Waals surface area contributed by atoms with Gasteiger partial charge in [-0.1, -0.05) is 11.6 Å². The number of hydrogen-bond acceptors (Lipinski definition) is 3. The van der Waals surface area contributed by atoms with Gasteiger partial charge in [-0.15, -0.1) is 0 Å². The lowest BCUT2D eigenvalue weighted by atomic mass is 9.73. The van der Waals surface area contributed by atoms with Crippen LogP contribution in [0.4, 0.5) is 0 Å². The van der Waals surface area contributed by atoms with Gasteiger partial charge in [0.1, 0.15) is 0 Å². The minimum atomic E-state index is -0.483. The molecule has 0 spiro atoms. The van der Waals surface area contributed by atoms with Crippen molar-refractivity contribution in [1.82, 2.24) is 9.55 Å². The van der Waals surface area contributed by atoms with E-state index in [0.717, 1.165) is 12.2 Å². The van der Waals surface area contributed by atoms with Crippen molar-refractivity contribution in [2.75, 3.05) is 0 Å². The molecule has 0 aliphatic heterocycles. The Morgan fingerprint density at radius 1 is 1.79 bits per heavy atom. The van der Waals surface area contributed by atoms with Gasteiger partial charge in [-0.2, -0.15) is 0 Å². The lowest BCUT2D eigenvalue weighted by molar-refractivity contribution is 0.0172. The third-order valence-corrected chi connectivity index (χ3v) is 3.08. The van der Waals surface area contributed by atoms with E-state index in [0.29, 0.717) is 18.0 Å². The molecule has 0 radical (unpaired) electrons. The van der Waals surface area contributed by atoms with Crippen molar-refractivity contribution in [3.8, 4) is 0 Å². The maximum absolute atomic E-state index is 9.28. The number of aliphatic hydroxyl groups is 1. The Hall–Kier alpha value is -0.580. The van der Waals surface area contributed by atoms with E-state index in [4.69, 9.17) is 17.3 Å². The number of rotatable bonds is 2. The van der Waals surface area contributed by atoms with E-state index in [1.165, 1.54) is 0 Å². The Kier molecular flexibility index (Phi) is 2.29. The van der Waals surface area contributed by atoms with Crippen molar-refractivity contribution in [1.29, 1.82) is 0 Å². The number of hydrogen-bond donors (Lipinski definition) is 2. The normalized spacial score (nSPS) is 31.6. The highest BCUT2D eigenvalue weighted by atomic mass is 35.5. The van der Waals surface area contributed by atoms with E-state index in [2.05, 4.69) is 4.98 Å². The van der Waals surface area contributed by atoms with Crippen molar-refractivity contribution in [2.24, 2.45) is 5.73 Å². The average Bonchev–Trinajstić information content (AvgIpc) is 2.44. The van der Waals surface area contributed by atoms with E-state index in [1.807, 2.05) is 11.5 Å². The summed E-state index contributed by atoms with van der Waals surface area (Å²) in [5.41, 5.74) is 6.50. The summed E-state index contributed by atoms with van der Waals surface area (Å²) in [7, 11) is 0. The van der Waals surface area contributed by atoms with Crippen LogP contribution in [0, 0.1) is 0 Å². The molecule has 1 saturated carbocycles. The Labute approximate surface area is 87.7 Å². The highest BCUT2D eigenvalue weighted by Gasteiger charge is 2.45. The van der Waals surface area contributed by atoms with Crippen molar-refractivity contribution in [3.05, 3.63) is 17.2 Å². The Balaban J connectivity index is 2.35. The fraction of sp³-hybridized carbons (Fsp3) is 0.667. The van der Waals surface area contributed by atoms with Crippen LogP contribution in [0.5, 0.6) is 0 Å². The van der Waals surface area contributed by atoms with Crippen LogP contribution in [0.25, 0.3) is 0 Å². The zero-order valence-electron chi connectivity index (χ0n) is 8.07. The molecular weight excluding hydrogens is 202 g/mol. The number of halogens is 1. The molecular formula is C9H14ClN3O. The summed E-state index contributed by atoms with van der Waals surface area (Å²) in [6.07, 6.45) is 2.53. The number of aromatic nitrogens is 2. The molecule has 1 aromatic rings. The summed E-state index contributed by atoms with van der Waals surface area (Å²) in [5, 5.41) is 9.74. The monoisotopic (exact) mass is 215 g/mol. The first-order valence-corrected chi connectivity index (χ1v) is 5.12. The molecule has 4 nitrogen and oxygen atoms in total. The highest BCUT2D eigenvalue weighted by molar-refractivity contribution is 6.30. The predicted octanol–water partition coefficient (Wildman–Crippen LogP) is 0.865. The fourth-order valence-electron chi connectivity index (χ4n) is 2.06. The van der Waals surface area contributed by atoms with E-state index < -0.39 is 5.54 Å². The van der Waals surface area contributed by atoms with Crippen molar-refractivity contribution in [2.45, 2.75) is 38.0 Å². The average molecular weight is 216 g/mol. The smallest absolute Gasteiger partial charge is 0.152 e. The van der Waals surface area contributed by atoms with Crippen LogP contribution in [-0.2, 0) is 12.1 Å². The van der Waals surface area contributed by atoms with Crippen molar-refractivity contribution >= 4 is 11.6 Å². The lowest BCUT2D eigenvalue weighted by Crippen LogP contribution is -2.52. The van der Waals surface area contributed by atoms with Gasteiger partial charge in [-0.3, -0.25) is 0 Å². The molecule has 1 aliphatic rings. The van der Waals surface area contributed by atoms with Gasteiger partial charge in [0.2, 0.25) is 0 Å². The third kappa shape index (κ3) is 1.34. The first-order chi connectivity index (χ1) is 6.57. The van der Waals surface area contributed by atoms with E-state index in [-0.39, 0.29) is 6.10 Å². The number of nitrogens with two attached hydrogens (primary N) is 1. The van der Waals surface area contributed by atoms with Crippen LogP contribution in [0.3, 0.4) is 0 Å². The van der Waals surface area contributed by atoms with Gasteiger partial charge in [0.05, 0.1) is 23.7 Å². The first-order valence-electron chi connectivity index (χ1n) is 4.75. The van der Waals surface area contributed by atoms with Gasteiger partial charge < -0.3 is 15.4 Å². The topological polar surface area (TPSA) is 64.1 Å². The van der Waals surface area contributed by atoms with Gasteiger partial charge >= 0.3 is 0 Å². The van der Waals surface area contributed by atoms with Crippen molar-refractivity contribution in [3.63, 3.8) is 0 Å². The SMILES string of the molecule is CCn1cnc(Cl)c1C1(N)CC(O)C1. The van der Waals surface area contributed by atoms with Gasteiger partial charge in [-0.25, -0.2) is 4.98 Å². The number of imidazole rings is 1. The maximum atomic E-state index is 9.28. The van der Waals surface area contributed by atoms with Gasteiger partial charge in [0.25, 0.3) is 0 Å². The molecule has 78 valence electrons. The molecule has 0 bridgehead atoms. The Morgan fingerprint density at radius 3 is 2.93 bits per heavy atom. The van der Waals surface area contributed by atoms with Crippen molar-refractivity contribution < 1.29 is 5.11 Å². The number of aryl methyl sites for hydroxylation is 1. The molecule has 1 aliphatic carbocycles. The number of aliphatic hydroxyl groups excluding tert-OH is 1. The predicted molar refractivity (Wildman–Crippen MR) is 54.0 cm³/mol. The fourth-order valence-corrected chi connectivity index (χ4v) is 2.40. The van der Waals surface area contributed by atoms with Crippen LogP contribution < -0.4 is 5.73 Å². The molecule has 1 heterocycles. The van der Waals surface area contributed by atoms with Crippen LogP contribution in [0.15, 0.2) is 6.33 Å². The molecule has 5 heteroatoms. The largest absolute Gasteiger partial charge is 0.393 e. The second-order valence-corrected chi connectivity index (χ2v) is 4.25. The Bertz CT molecular complexity index is 344. The highest BCUT2D eigenvalue weighted by Crippen LogP contribution is 2.41.